The molecule has 134 valence electrons. The first-order chi connectivity index (χ1) is 12.5. The third kappa shape index (κ3) is 2.63. The lowest BCUT2D eigenvalue weighted by Gasteiger charge is -2.18. The van der Waals surface area contributed by atoms with Gasteiger partial charge in [-0.05, 0) is 49.8 Å². The summed E-state index contributed by atoms with van der Waals surface area (Å²) in [5.41, 5.74) is 1.27. The van der Waals surface area contributed by atoms with Crippen LogP contribution in [-0.4, -0.2) is 25.6 Å². The molecular weight excluding hydrogens is 350 g/mol. The van der Waals surface area contributed by atoms with Gasteiger partial charge in [0.15, 0.2) is 5.82 Å². The summed E-state index contributed by atoms with van der Waals surface area (Å²) < 4.78 is 1.28. The van der Waals surface area contributed by atoms with E-state index in [0.717, 1.165) is 24.8 Å². The zero-order chi connectivity index (χ0) is 18.4. The van der Waals surface area contributed by atoms with Gasteiger partial charge in [-0.1, -0.05) is 13.0 Å². The summed E-state index contributed by atoms with van der Waals surface area (Å²) >= 11 is 1.56. The fraction of sp³-hybridized carbons (Fsp3) is 0.368. The number of thiophene rings is 1. The molecule has 0 radical (unpaired) electrons. The third-order valence-corrected chi connectivity index (χ3v) is 6.15. The van der Waals surface area contributed by atoms with Gasteiger partial charge in [0.1, 0.15) is 16.6 Å². The fourth-order valence-corrected chi connectivity index (χ4v) is 4.92. The predicted octanol–water partition coefficient (Wildman–Crippen LogP) is 3.29. The predicted molar refractivity (Wildman–Crippen MR) is 101 cm³/mol. The number of aliphatic carboxylic acids is 1. The van der Waals surface area contributed by atoms with Crippen LogP contribution in [0, 0.1) is 5.92 Å². The van der Waals surface area contributed by atoms with E-state index in [1.165, 1.54) is 16.4 Å². The molecule has 0 amide bonds. The Morgan fingerprint density at radius 1 is 1.42 bits per heavy atom. The van der Waals surface area contributed by atoms with Crippen molar-refractivity contribution in [1.29, 1.82) is 0 Å². The summed E-state index contributed by atoms with van der Waals surface area (Å²) in [6, 6.07) is 4.30. The van der Waals surface area contributed by atoms with Gasteiger partial charge < -0.3 is 5.11 Å². The van der Waals surface area contributed by atoms with Crippen molar-refractivity contribution >= 4 is 27.5 Å². The first kappa shape index (κ1) is 16.9. The van der Waals surface area contributed by atoms with Crippen molar-refractivity contribution in [3.8, 4) is 11.5 Å². The summed E-state index contributed by atoms with van der Waals surface area (Å²) in [6.45, 7) is 3.72. The zero-order valence-corrected chi connectivity index (χ0v) is 15.4. The summed E-state index contributed by atoms with van der Waals surface area (Å²) in [5, 5.41) is 10.1. The van der Waals surface area contributed by atoms with E-state index >= 15 is 0 Å². The molecule has 0 fully saturated rings. The van der Waals surface area contributed by atoms with E-state index in [0.29, 0.717) is 27.7 Å². The zero-order valence-electron chi connectivity index (χ0n) is 14.6. The first-order valence-corrected chi connectivity index (χ1v) is 9.50. The Kier molecular flexibility index (Phi) is 4.11. The van der Waals surface area contributed by atoms with E-state index in [9.17, 15) is 14.7 Å². The Hall–Kier alpha value is -2.54. The highest BCUT2D eigenvalue weighted by molar-refractivity contribution is 7.18. The second kappa shape index (κ2) is 6.32. The maximum absolute atomic E-state index is 13.3. The lowest BCUT2D eigenvalue weighted by atomic mass is 9.89. The Morgan fingerprint density at radius 2 is 2.23 bits per heavy atom. The molecule has 0 aromatic carbocycles. The fourth-order valence-electron chi connectivity index (χ4n) is 3.55. The minimum atomic E-state index is -1.07. The number of aryl methyl sites for hydroxylation is 1. The molecule has 3 aromatic heterocycles. The molecule has 0 aliphatic heterocycles. The van der Waals surface area contributed by atoms with Crippen LogP contribution in [0.3, 0.4) is 0 Å². The SMILES string of the molecule is CC1CCc2c(sc3nc(-c4ccccn4)n(C(C)C(=O)O)c(=O)c23)C1. The largest absolute Gasteiger partial charge is 0.480 e. The average Bonchev–Trinajstić information content (AvgIpc) is 2.99. The van der Waals surface area contributed by atoms with Crippen molar-refractivity contribution in [1.82, 2.24) is 14.5 Å². The molecule has 0 saturated carbocycles. The lowest BCUT2D eigenvalue weighted by Crippen LogP contribution is -2.31. The molecule has 26 heavy (non-hydrogen) atoms. The van der Waals surface area contributed by atoms with E-state index < -0.39 is 12.0 Å². The molecule has 3 heterocycles. The van der Waals surface area contributed by atoms with E-state index in [-0.39, 0.29) is 5.56 Å². The van der Waals surface area contributed by atoms with E-state index in [2.05, 4.69) is 11.9 Å². The van der Waals surface area contributed by atoms with Crippen molar-refractivity contribution in [3.63, 3.8) is 0 Å². The number of hydrogen-bond donors (Lipinski definition) is 1. The highest BCUT2D eigenvalue weighted by Gasteiger charge is 2.28. The number of carboxylic acids is 1. The summed E-state index contributed by atoms with van der Waals surface area (Å²) in [6.07, 6.45) is 4.44. The Bertz CT molecular complexity index is 1060. The molecule has 7 heteroatoms. The van der Waals surface area contributed by atoms with Crippen molar-refractivity contribution < 1.29 is 9.90 Å². The molecule has 1 aliphatic carbocycles. The Morgan fingerprint density at radius 3 is 2.92 bits per heavy atom. The van der Waals surface area contributed by atoms with Gasteiger partial charge in [0.2, 0.25) is 0 Å². The molecule has 2 atom stereocenters. The van der Waals surface area contributed by atoms with Gasteiger partial charge in [-0.2, -0.15) is 0 Å². The van der Waals surface area contributed by atoms with Gasteiger partial charge in [-0.3, -0.25) is 14.3 Å². The van der Waals surface area contributed by atoms with Crippen LogP contribution >= 0.6 is 11.3 Å². The molecule has 1 aliphatic rings. The van der Waals surface area contributed by atoms with E-state index in [4.69, 9.17) is 4.98 Å². The normalized spacial score (nSPS) is 17.8. The lowest BCUT2D eigenvalue weighted by molar-refractivity contribution is -0.140. The summed E-state index contributed by atoms with van der Waals surface area (Å²) in [5.74, 6) is -0.168. The molecule has 0 bridgehead atoms. The van der Waals surface area contributed by atoms with Crippen LogP contribution in [0.5, 0.6) is 0 Å². The number of rotatable bonds is 3. The molecule has 2 unspecified atom stereocenters. The minimum Gasteiger partial charge on any atom is -0.480 e. The molecule has 3 aromatic rings. The van der Waals surface area contributed by atoms with Crippen LogP contribution in [-0.2, 0) is 17.6 Å². The molecule has 0 saturated heterocycles. The maximum atomic E-state index is 13.3. The highest BCUT2D eigenvalue weighted by Crippen LogP contribution is 2.36. The second-order valence-corrected chi connectivity index (χ2v) is 7.96. The van der Waals surface area contributed by atoms with Gasteiger partial charge >= 0.3 is 5.97 Å². The number of pyridine rings is 1. The first-order valence-electron chi connectivity index (χ1n) is 8.68. The van der Waals surface area contributed by atoms with Gasteiger partial charge in [-0.25, -0.2) is 9.78 Å². The monoisotopic (exact) mass is 369 g/mol. The number of carbonyl (C=O) groups is 1. The number of aromatic nitrogens is 3. The average molecular weight is 369 g/mol. The van der Waals surface area contributed by atoms with Crippen LogP contribution in [0.15, 0.2) is 29.2 Å². The summed E-state index contributed by atoms with van der Waals surface area (Å²) in [4.78, 5) is 35.8. The van der Waals surface area contributed by atoms with Gasteiger partial charge in [0.25, 0.3) is 5.56 Å². The van der Waals surface area contributed by atoms with Crippen LogP contribution in [0.4, 0.5) is 0 Å². The van der Waals surface area contributed by atoms with Crippen molar-refractivity contribution in [2.45, 2.75) is 39.2 Å². The van der Waals surface area contributed by atoms with Gasteiger partial charge in [-0.15, -0.1) is 11.3 Å². The standard InChI is InChI=1S/C19H19N3O3S/c1-10-6-7-12-14(9-10)26-17-15(12)18(23)22(11(2)19(24)25)16(21-17)13-5-3-4-8-20-13/h3-5,8,10-11H,6-7,9H2,1-2H3,(H,24,25). The molecule has 1 N–H and O–H groups in total. The Balaban J connectivity index is 2.06. The second-order valence-electron chi connectivity index (χ2n) is 6.87. The quantitative estimate of drug-likeness (QED) is 0.766. The molecule has 4 rings (SSSR count). The highest BCUT2D eigenvalue weighted by atomic mass is 32.1. The van der Waals surface area contributed by atoms with Crippen LogP contribution < -0.4 is 5.56 Å². The third-order valence-electron chi connectivity index (χ3n) is 5.00. The number of hydrogen-bond acceptors (Lipinski definition) is 5. The van der Waals surface area contributed by atoms with E-state index in [1.54, 1.807) is 35.7 Å². The maximum Gasteiger partial charge on any atom is 0.326 e. The van der Waals surface area contributed by atoms with Crippen molar-refractivity contribution in [2.24, 2.45) is 5.92 Å². The smallest absolute Gasteiger partial charge is 0.326 e. The van der Waals surface area contributed by atoms with E-state index in [1.807, 2.05) is 0 Å². The minimum absolute atomic E-state index is 0.280. The van der Waals surface area contributed by atoms with Crippen LogP contribution in [0.25, 0.3) is 21.7 Å². The molecule has 0 spiro atoms. The molecular formula is C19H19N3O3S. The van der Waals surface area contributed by atoms with Gasteiger partial charge in [0.05, 0.1) is 5.39 Å². The topological polar surface area (TPSA) is 85.1 Å². The number of fused-ring (bicyclic) bond motifs is 3. The number of nitrogens with zero attached hydrogens (tertiary/aromatic N) is 3. The number of carboxylic acid groups (broad SMARTS) is 1. The summed E-state index contributed by atoms with van der Waals surface area (Å²) in [7, 11) is 0. The van der Waals surface area contributed by atoms with Crippen LogP contribution in [0.1, 0.15) is 36.8 Å². The van der Waals surface area contributed by atoms with Crippen LogP contribution in [0.2, 0.25) is 0 Å². The van der Waals surface area contributed by atoms with Crippen molar-refractivity contribution in [2.75, 3.05) is 0 Å². The van der Waals surface area contributed by atoms with Gasteiger partial charge in [0, 0.05) is 11.1 Å². The molecule has 6 nitrogen and oxygen atoms in total. The Labute approximate surface area is 154 Å². The van der Waals surface area contributed by atoms with Crippen molar-refractivity contribution in [3.05, 3.63) is 45.2 Å².